The quantitative estimate of drug-likeness (QED) is 0.685. The number of carboxylic acid groups (broad SMARTS) is 1. The maximum Gasteiger partial charge on any atom is 0.308 e. The second-order valence-corrected chi connectivity index (χ2v) is 5.87. The monoisotopic (exact) mass is 318 g/mol. The average molecular weight is 318 g/mol. The van der Waals surface area contributed by atoms with E-state index in [0.717, 1.165) is 19.3 Å². The fraction of sp³-hybridized carbons (Fsp3) is 0.471. The number of carboxylic acids is 1. The minimum absolute atomic E-state index is 0.0195. The summed E-state index contributed by atoms with van der Waals surface area (Å²) in [5.74, 6) is -1.63. The lowest BCUT2D eigenvalue weighted by molar-refractivity contribution is -0.141. The number of rotatable bonds is 8. The Morgan fingerprint density at radius 2 is 1.87 bits per heavy atom. The standard InChI is InChI=1S/C17H22N2O4/c1-2-3-13(17(22)23)10-18-15(20)11-6-8-14(9-7-11)19-16(21)12-4-5-12/h6-9,12-13H,2-5,10H2,1H3,(H,18,20)(H,19,21)(H,22,23). The summed E-state index contributed by atoms with van der Waals surface area (Å²) >= 11 is 0. The highest BCUT2D eigenvalue weighted by Crippen LogP contribution is 2.30. The molecular weight excluding hydrogens is 296 g/mol. The van der Waals surface area contributed by atoms with E-state index in [1.165, 1.54) is 0 Å². The molecule has 0 spiro atoms. The van der Waals surface area contributed by atoms with Crippen molar-refractivity contribution < 1.29 is 19.5 Å². The van der Waals surface area contributed by atoms with E-state index in [9.17, 15) is 14.4 Å². The van der Waals surface area contributed by atoms with Gasteiger partial charge in [-0.05, 0) is 43.5 Å². The molecule has 1 unspecified atom stereocenters. The fourth-order valence-electron chi connectivity index (χ4n) is 2.27. The van der Waals surface area contributed by atoms with Gasteiger partial charge >= 0.3 is 5.97 Å². The number of hydrogen-bond donors (Lipinski definition) is 3. The maximum absolute atomic E-state index is 12.0. The van der Waals surface area contributed by atoms with Crippen LogP contribution in [0.1, 0.15) is 43.0 Å². The lowest BCUT2D eigenvalue weighted by Crippen LogP contribution is -2.32. The highest BCUT2D eigenvalue weighted by molar-refractivity contribution is 5.96. The maximum atomic E-state index is 12.0. The van der Waals surface area contributed by atoms with Crippen LogP contribution in [0.2, 0.25) is 0 Å². The number of amides is 2. The first-order valence-corrected chi connectivity index (χ1v) is 7.93. The van der Waals surface area contributed by atoms with Gasteiger partial charge in [-0.25, -0.2) is 0 Å². The van der Waals surface area contributed by atoms with Gasteiger partial charge in [0.25, 0.3) is 5.91 Å². The van der Waals surface area contributed by atoms with Crippen LogP contribution in [0.5, 0.6) is 0 Å². The zero-order valence-corrected chi connectivity index (χ0v) is 13.2. The molecule has 6 nitrogen and oxygen atoms in total. The number of carbonyl (C=O) groups excluding carboxylic acids is 2. The smallest absolute Gasteiger partial charge is 0.308 e. The Labute approximate surface area is 135 Å². The van der Waals surface area contributed by atoms with Crippen LogP contribution >= 0.6 is 0 Å². The van der Waals surface area contributed by atoms with E-state index in [0.29, 0.717) is 17.7 Å². The normalized spacial score (nSPS) is 14.8. The van der Waals surface area contributed by atoms with Crippen LogP contribution in [0, 0.1) is 11.8 Å². The third kappa shape index (κ3) is 5.09. The molecule has 23 heavy (non-hydrogen) atoms. The first-order valence-electron chi connectivity index (χ1n) is 7.93. The first-order chi connectivity index (χ1) is 11.0. The van der Waals surface area contributed by atoms with E-state index in [1.54, 1.807) is 24.3 Å². The van der Waals surface area contributed by atoms with Gasteiger partial charge in [-0.2, -0.15) is 0 Å². The summed E-state index contributed by atoms with van der Waals surface area (Å²) in [6.07, 6.45) is 3.16. The van der Waals surface area contributed by atoms with E-state index >= 15 is 0 Å². The minimum atomic E-state index is -0.898. The summed E-state index contributed by atoms with van der Waals surface area (Å²) in [6.45, 7) is 2.02. The molecule has 1 fully saturated rings. The topological polar surface area (TPSA) is 95.5 Å². The third-order valence-corrected chi connectivity index (χ3v) is 3.86. The SMILES string of the molecule is CCCC(CNC(=O)c1ccc(NC(=O)C2CC2)cc1)C(=O)O. The highest BCUT2D eigenvalue weighted by Gasteiger charge is 2.29. The van der Waals surface area contributed by atoms with Crippen molar-refractivity contribution in [2.24, 2.45) is 11.8 Å². The van der Waals surface area contributed by atoms with Crippen molar-refractivity contribution in [1.29, 1.82) is 0 Å². The number of benzene rings is 1. The lowest BCUT2D eigenvalue weighted by Gasteiger charge is -2.12. The minimum Gasteiger partial charge on any atom is -0.481 e. The zero-order valence-electron chi connectivity index (χ0n) is 13.2. The number of aliphatic carboxylic acids is 1. The Morgan fingerprint density at radius 1 is 1.22 bits per heavy atom. The second-order valence-electron chi connectivity index (χ2n) is 5.87. The number of hydrogen-bond acceptors (Lipinski definition) is 3. The molecule has 3 N–H and O–H groups in total. The molecule has 1 aromatic rings. The first kappa shape index (κ1) is 17.0. The molecule has 1 saturated carbocycles. The van der Waals surface area contributed by atoms with Crippen molar-refractivity contribution >= 4 is 23.5 Å². The van der Waals surface area contributed by atoms with Crippen molar-refractivity contribution in [2.45, 2.75) is 32.6 Å². The van der Waals surface area contributed by atoms with E-state index in [4.69, 9.17) is 5.11 Å². The molecule has 0 bridgehead atoms. The van der Waals surface area contributed by atoms with Gasteiger partial charge in [-0.1, -0.05) is 13.3 Å². The van der Waals surface area contributed by atoms with Crippen molar-refractivity contribution in [3.05, 3.63) is 29.8 Å². The van der Waals surface area contributed by atoms with Gasteiger partial charge in [0.15, 0.2) is 0 Å². The van der Waals surface area contributed by atoms with Gasteiger partial charge in [0, 0.05) is 23.7 Å². The van der Waals surface area contributed by atoms with Crippen LogP contribution in [0.4, 0.5) is 5.69 Å². The number of anilines is 1. The molecule has 0 aromatic heterocycles. The van der Waals surface area contributed by atoms with Crippen molar-refractivity contribution in [3.8, 4) is 0 Å². The summed E-state index contributed by atoms with van der Waals surface area (Å²) in [4.78, 5) is 34.7. The summed E-state index contributed by atoms with van der Waals surface area (Å²) in [7, 11) is 0. The molecular formula is C17H22N2O4. The number of carbonyl (C=O) groups is 3. The van der Waals surface area contributed by atoms with E-state index in [1.807, 2.05) is 6.92 Å². The molecule has 2 rings (SSSR count). The summed E-state index contributed by atoms with van der Waals surface area (Å²) in [5.41, 5.74) is 1.10. The molecule has 0 saturated heterocycles. The Kier molecular flexibility index (Phi) is 5.73. The van der Waals surface area contributed by atoms with Crippen molar-refractivity contribution in [1.82, 2.24) is 5.32 Å². The largest absolute Gasteiger partial charge is 0.481 e. The molecule has 1 aliphatic carbocycles. The van der Waals surface area contributed by atoms with E-state index in [2.05, 4.69) is 10.6 Å². The van der Waals surface area contributed by atoms with Crippen LogP contribution in [-0.4, -0.2) is 29.4 Å². The highest BCUT2D eigenvalue weighted by atomic mass is 16.4. The van der Waals surface area contributed by atoms with Crippen LogP contribution in [0.3, 0.4) is 0 Å². The predicted octanol–water partition coefficient (Wildman–Crippen LogP) is 2.27. The summed E-state index contributed by atoms with van der Waals surface area (Å²) in [6, 6.07) is 6.59. The van der Waals surface area contributed by atoms with Crippen molar-refractivity contribution in [2.75, 3.05) is 11.9 Å². The van der Waals surface area contributed by atoms with Crippen LogP contribution in [-0.2, 0) is 9.59 Å². The third-order valence-electron chi connectivity index (χ3n) is 3.86. The molecule has 1 aromatic carbocycles. The predicted molar refractivity (Wildman–Crippen MR) is 86.2 cm³/mol. The Hall–Kier alpha value is -2.37. The zero-order chi connectivity index (χ0) is 16.8. The summed E-state index contributed by atoms with van der Waals surface area (Å²) < 4.78 is 0. The molecule has 1 aliphatic rings. The second kappa shape index (κ2) is 7.76. The number of nitrogens with one attached hydrogen (secondary N) is 2. The van der Waals surface area contributed by atoms with Gasteiger partial charge in [0.1, 0.15) is 0 Å². The van der Waals surface area contributed by atoms with Gasteiger partial charge in [0.2, 0.25) is 5.91 Å². The summed E-state index contributed by atoms with van der Waals surface area (Å²) in [5, 5.41) is 14.5. The van der Waals surface area contributed by atoms with Crippen molar-refractivity contribution in [3.63, 3.8) is 0 Å². The molecule has 124 valence electrons. The van der Waals surface area contributed by atoms with Crippen LogP contribution < -0.4 is 10.6 Å². The molecule has 0 heterocycles. The van der Waals surface area contributed by atoms with Gasteiger partial charge in [0.05, 0.1) is 5.92 Å². The Bertz CT molecular complexity index is 579. The molecule has 2 amide bonds. The van der Waals surface area contributed by atoms with Gasteiger partial charge < -0.3 is 15.7 Å². The Balaban J connectivity index is 1.86. The Morgan fingerprint density at radius 3 is 2.39 bits per heavy atom. The average Bonchev–Trinajstić information content (AvgIpc) is 3.36. The van der Waals surface area contributed by atoms with Crippen LogP contribution in [0.25, 0.3) is 0 Å². The molecule has 0 aliphatic heterocycles. The fourth-order valence-corrected chi connectivity index (χ4v) is 2.27. The van der Waals surface area contributed by atoms with E-state index in [-0.39, 0.29) is 24.3 Å². The van der Waals surface area contributed by atoms with Gasteiger partial charge in [-0.15, -0.1) is 0 Å². The molecule has 6 heteroatoms. The molecule has 0 radical (unpaired) electrons. The van der Waals surface area contributed by atoms with Crippen LogP contribution in [0.15, 0.2) is 24.3 Å². The molecule has 1 atom stereocenters. The lowest BCUT2D eigenvalue weighted by atomic mass is 10.0. The van der Waals surface area contributed by atoms with E-state index < -0.39 is 11.9 Å². The van der Waals surface area contributed by atoms with Gasteiger partial charge in [-0.3, -0.25) is 14.4 Å².